The minimum atomic E-state index is -0.806. The van der Waals surface area contributed by atoms with E-state index >= 15 is 0 Å². The van der Waals surface area contributed by atoms with Gasteiger partial charge >= 0.3 is 0 Å². The third kappa shape index (κ3) is 3.88. The van der Waals surface area contributed by atoms with Crippen LogP contribution in [-0.2, 0) is 0 Å². The highest BCUT2D eigenvalue weighted by atomic mass is 16.3. The van der Waals surface area contributed by atoms with Crippen LogP contribution in [0.3, 0.4) is 0 Å². The molecule has 0 aliphatic carbocycles. The number of rotatable bonds is 6. The Morgan fingerprint density at radius 3 is 1.90 bits per heavy atom. The minimum Gasteiger partial charge on any atom is -0.387 e. The number of nitrogens with two attached hydrogens (primary N) is 1. The van der Waals surface area contributed by atoms with Crippen molar-refractivity contribution in [3.8, 4) is 0 Å². The molecule has 106 valence electrons. The van der Waals surface area contributed by atoms with Gasteiger partial charge in [0.2, 0.25) is 0 Å². The Hall–Kier alpha value is -1.72. The molecule has 0 amide bonds. The van der Waals surface area contributed by atoms with Gasteiger partial charge in [0.05, 0.1) is 12.3 Å². The fourth-order valence-electron chi connectivity index (χ4n) is 2.01. The van der Waals surface area contributed by atoms with Crippen LogP contribution in [0, 0.1) is 0 Å². The van der Waals surface area contributed by atoms with Gasteiger partial charge in [-0.15, -0.1) is 0 Å². The zero-order valence-electron chi connectivity index (χ0n) is 11.2. The van der Waals surface area contributed by atoms with E-state index in [0.29, 0.717) is 0 Å². The van der Waals surface area contributed by atoms with Crippen LogP contribution in [0.1, 0.15) is 23.3 Å². The molecule has 2 aromatic rings. The quantitative estimate of drug-likeness (QED) is 0.598. The average molecular weight is 272 g/mol. The van der Waals surface area contributed by atoms with E-state index < -0.39 is 18.4 Å². The third-order valence-corrected chi connectivity index (χ3v) is 3.21. The lowest BCUT2D eigenvalue weighted by Gasteiger charge is -2.22. The molecular formula is C16H20N2O2. The molecule has 3 atom stereocenters. The minimum absolute atomic E-state index is 0.287. The van der Waals surface area contributed by atoms with Crippen molar-refractivity contribution in [2.75, 3.05) is 6.54 Å². The van der Waals surface area contributed by atoms with E-state index in [1.807, 2.05) is 60.7 Å². The molecule has 2 aromatic carbocycles. The first-order chi connectivity index (χ1) is 9.68. The summed E-state index contributed by atoms with van der Waals surface area (Å²) in [5.74, 6) is 0. The van der Waals surface area contributed by atoms with Crippen molar-refractivity contribution in [1.82, 2.24) is 5.32 Å². The lowest BCUT2D eigenvalue weighted by molar-refractivity contribution is 0.112. The summed E-state index contributed by atoms with van der Waals surface area (Å²) in [5, 5.41) is 23.1. The van der Waals surface area contributed by atoms with Gasteiger partial charge in [0.1, 0.15) is 6.10 Å². The zero-order valence-corrected chi connectivity index (χ0v) is 11.2. The van der Waals surface area contributed by atoms with E-state index in [1.54, 1.807) is 0 Å². The Labute approximate surface area is 118 Å². The van der Waals surface area contributed by atoms with E-state index in [9.17, 15) is 10.2 Å². The molecule has 0 unspecified atom stereocenters. The van der Waals surface area contributed by atoms with Crippen LogP contribution in [0.4, 0.5) is 0 Å². The van der Waals surface area contributed by atoms with Crippen LogP contribution < -0.4 is 11.1 Å². The second-order valence-corrected chi connectivity index (χ2v) is 4.72. The molecule has 5 N–H and O–H groups in total. The van der Waals surface area contributed by atoms with Crippen molar-refractivity contribution in [2.24, 2.45) is 5.73 Å². The third-order valence-electron chi connectivity index (χ3n) is 3.21. The van der Waals surface area contributed by atoms with E-state index in [2.05, 4.69) is 5.32 Å². The number of nitrogens with one attached hydrogen (secondary N) is 1. The summed E-state index contributed by atoms with van der Waals surface area (Å²) in [6, 6.07) is 18.6. The van der Waals surface area contributed by atoms with E-state index in [0.717, 1.165) is 11.1 Å². The first-order valence-corrected chi connectivity index (χ1v) is 6.63. The molecule has 20 heavy (non-hydrogen) atoms. The van der Waals surface area contributed by atoms with Crippen molar-refractivity contribution in [1.29, 1.82) is 0 Å². The van der Waals surface area contributed by atoms with Crippen molar-refractivity contribution in [3.63, 3.8) is 0 Å². The number of hydrogen-bond donors (Lipinski definition) is 4. The number of aliphatic hydroxyl groups is 2. The first-order valence-electron chi connectivity index (χ1n) is 6.63. The molecule has 0 aliphatic rings. The normalized spacial score (nSPS) is 15.6. The molecule has 0 radical (unpaired) electrons. The van der Waals surface area contributed by atoms with Crippen molar-refractivity contribution in [3.05, 3.63) is 71.8 Å². The lowest BCUT2D eigenvalue weighted by Crippen LogP contribution is -2.44. The Bertz CT molecular complexity index is 504. The molecule has 0 bridgehead atoms. The van der Waals surface area contributed by atoms with Gasteiger partial charge in [-0.25, -0.2) is 0 Å². The van der Waals surface area contributed by atoms with Crippen LogP contribution in [-0.4, -0.2) is 22.9 Å². The molecule has 0 fully saturated rings. The van der Waals surface area contributed by atoms with Crippen molar-refractivity contribution < 1.29 is 10.2 Å². The van der Waals surface area contributed by atoms with Gasteiger partial charge in [-0.05, 0) is 11.1 Å². The Morgan fingerprint density at radius 1 is 0.850 bits per heavy atom. The van der Waals surface area contributed by atoms with Gasteiger partial charge < -0.3 is 15.9 Å². The largest absolute Gasteiger partial charge is 0.387 e. The van der Waals surface area contributed by atoms with Gasteiger partial charge in [-0.2, -0.15) is 0 Å². The maximum Gasteiger partial charge on any atom is 0.107 e. The molecule has 2 rings (SSSR count). The maximum absolute atomic E-state index is 10.1. The predicted octanol–water partition coefficient (Wildman–Crippen LogP) is 1.33. The molecular weight excluding hydrogens is 252 g/mol. The zero-order chi connectivity index (χ0) is 14.4. The second-order valence-electron chi connectivity index (χ2n) is 4.72. The van der Waals surface area contributed by atoms with Crippen LogP contribution in [0.25, 0.3) is 0 Å². The monoisotopic (exact) mass is 272 g/mol. The Kier molecular flexibility index (Phi) is 5.26. The summed E-state index contributed by atoms with van der Waals surface area (Å²) in [6.07, 6.45) is -2.08. The molecule has 0 aliphatic heterocycles. The fraction of sp³-hybridized carbons (Fsp3) is 0.250. The molecule has 0 saturated carbocycles. The molecule has 0 saturated heterocycles. The molecule has 0 aromatic heterocycles. The predicted molar refractivity (Wildman–Crippen MR) is 78.8 cm³/mol. The molecule has 0 spiro atoms. The first kappa shape index (κ1) is 14.7. The van der Waals surface area contributed by atoms with Crippen LogP contribution in [0.5, 0.6) is 0 Å². The van der Waals surface area contributed by atoms with Crippen molar-refractivity contribution >= 4 is 0 Å². The second kappa shape index (κ2) is 7.17. The maximum atomic E-state index is 10.1. The van der Waals surface area contributed by atoms with E-state index in [-0.39, 0.29) is 6.54 Å². The topological polar surface area (TPSA) is 78.5 Å². The summed E-state index contributed by atoms with van der Waals surface area (Å²) in [7, 11) is 0. The fourth-order valence-corrected chi connectivity index (χ4v) is 2.01. The molecule has 4 nitrogen and oxygen atoms in total. The van der Waals surface area contributed by atoms with E-state index in [4.69, 9.17) is 5.73 Å². The van der Waals surface area contributed by atoms with Gasteiger partial charge in [0.15, 0.2) is 0 Å². The van der Waals surface area contributed by atoms with Crippen LogP contribution in [0.2, 0.25) is 0 Å². The molecule has 4 heteroatoms. The SMILES string of the molecule is N[C@H](NC[C@@H](O)c1ccccc1)[C@H](O)c1ccccc1. The number of hydrogen-bond acceptors (Lipinski definition) is 4. The van der Waals surface area contributed by atoms with Gasteiger partial charge in [0.25, 0.3) is 0 Å². The summed E-state index contributed by atoms with van der Waals surface area (Å²) in [6.45, 7) is 0.287. The Morgan fingerprint density at radius 2 is 1.35 bits per heavy atom. The number of aliphatic hydroxyl groups excluding tert-OH is 2. The summed E-state index contributed by atoms with van der Waals surface area (Å²) < 4.78 is 0. The van der Waals surface area contributed by atoms with Crippen LogP contribution in [0.15, 0.2) is 60.7 Å². The lowest BCUT2D eigenvalue weighted by atomic mass is 10.1. The smallest absolute Gasteiger partial charge is 0.107 e. The summed E-state index contributed by atoms with van der Waals surface area (Å²) in [5.41, 5.74) is 7.48. The van der Waals surface area contributed by atoms with Gasteiger partial charge in [0, 0.05) is 6.54 Å². The average Bonchev–Trinajstić information content (AvgIpc) is 2.53. The van der Waals surface area contributed by atoms with Crippen molar-refractivity contribution in [2.45, 2.75) is 18.4 Å². The van der Waals surface area contributed by atoms with Gasteiger partial charge in [-0.1, -0.05) is 60.7 Å². The summed E-state index contributed by atoms with van der Waals surface area (Å²) >= 11 is 0. The highest BCUT2D eigenvalue weighted by molar-refractivity contribution is 5.19. The van der Waals surface area contributed by atoms with E-state index in [1.165, 1.54) is 0 Å². The Balaban J connectivity index is 1.87. The summed E-state index contributed by atoms with van der Waals surface area (Å²) in [4.78, 5) is 0. The highest BCUT2D eigenvalue weighted by Crippen LogP contribution is 2.15. The van der Waals surface area contributed by atoms with Gasteiger partial charge in [-0.3, -0.25) is 5.32 Å². The van der Waals surface area contributed by atoms with Crippen LogP contribution >= 0.6 is 0 Å². The highest BCUT2D eigenvalue weighted by Gasteiger charge is 2.17. The standard InChI is InChI=1S/C16H20N2O2/c17-16(15(20)13-9-5-2-6-10-13)18-11-14(19)12-7-3-1-4-8-12/h1-10,14-16,18-20H,11,17H2/t14-,15-,16-/m1/s1. The number of benzene rings is 2. The molecule has 0 heterocycles.